The van der Waals surface area contributed by atoms with Gasteiger partial charge in [0.1, 0.15) is 11.3 Å². The number of aromatic nitrogens is 1. The van der Waals surface area contributed by atoms with Crippen molar-refractivity contribution < 1.29 is 14.5 Å². The van der Waals surface area contributed by atoms with Gasteiger partial charge in [0, 0.05) is 51.4 Å². The highest BCUT2D eigenvalue weighted by Crippen LogP contribution is 2.34. The largest absolute Gasteiger partial charge is 0.494 e. The molecule has 1 aromatic heterocycles. The Kier molecular flexibility index (Phi) is 8.30. The third kappa shape index (κ3) is 5.64. The van der Waals surface area contributed by atoms with Crippen molar-refractivity contribution in [3.63, 3.8) is 0 Å². The Morgan fingerprint density at radius 2 is 2.03 bits per heavy atom. The van der Waals surface area contributed by atoms with Crippen molar-refractivity contribution in [3.05, 3.63) is 57.1 Å². The number of nitro groups is 1. The van der Waals surface area contributed by atoms with E-state index < -0.39 is 10.8 Å². The summed E-state index contributed by atoms with van der Waals surface area (Å²) in [4.78, 5) is 32.1. The molecule has 1 amide bonds. The second kappa shape index (κ2) is 11.0. The van der Waals surface area contributed by atoms with Crippen LogP contribution in [0.4, 0.5) is 10.8 Å². The second-order valence-electron chi connectivity index (χ2n) is 7.31. The molecule has 2 aromatic carbocycles. The van der Waals surface area contributed by atoms with Crippen LogP contribution in [0.25, 0.3) is 10.2 Å². The molecule has 1 aliphatic heterocycles. The molecule has 2 heterocycles. The number of thiazole rings is 1. The molecule has 9 nitrogen and oxygen atoms in total. The molecule has 0 atom stereocenters. The molecule has 1 aliphatic rings. The number of ether oxygens (including phenoxy) is 1. The summed E-state index contributed by atoms with van der Waals surface area (Å²) >= 11 is 7.69. The number of hydrogen-bond donors (Lipinski definition) is 1. The maximum atomic E-state index is 12.4. The SMILES string of the molecule is COc1cccc2sc(N3CCN(CCNC(=O)c4cc([N+](=O)[O-])ccc4Cl)CC3)nc12.Cl. The smallest absolute Gasteiger partial charge is 0.270 e. The fourth-order valence-corrected chi connectivity index (χ4v) is 4.84. The van der Waals surface area contributed by atoms with Crippen LogP contribution in [0.15, 0.2) is 36.4 Å². The van der Waals surface area contributed by atoms with Gasteiger partial charge >= 0.3 is 0 Å². The molecule has 0 saturated carbocycles. The summed E-state index contributed by atoms with van der Waals surface area (Å²) in [5, 5.41) is 14.9. The summed E-state index contributed by atoms with van der Waals surface area (Å²) < 4.78 is 6.51. The number of fused-ring (bicyclic) bond motifs is 1. The Balaban J connectivity index is 0.00000306. The highest BCUT2D eigenvalue weighted by atomic mass is 35.5. The number of non-ortho nitro benzene ring substituents is 1. The molecule has 4 rings (SSSR count). The Labute approximate surface area is 205 Å². The van der Waals surface area contributed by atoms with Crippen molar-refractivity contribution in [1.82, 2.24) is 15.2 Å². The number of rotatable bonds is 7. The maximum absolute atomic E-state index is 12.4. The van der Waals surface area contributed by atoms with Gasteiger partial charge in [-0.2, -0.15) is 0 Å². The summed E-state index contributed by atoms with van der Waals surface area (Å²) in [6, 6.07) is 9.77. The van der Waals surface area contributed by atoms with E-state index in [1.165, 1.54) is 18.2 Å². The lowest BCUT2D eigenvalue weighted by Gasteiger charge is -2.34. The lowest BCUT2D eigenvalue weighted by atomic mass is 10.2. The van der Waals surface area contributed by atoms with E-state index >= 15 is 0 Å². The number of hydrogen-bond acceptors (Lipinski definition) is 8. The first-order valence-corrected chi connectivity index (χ1v) is 11.3. The number of carbonyl (C=O) groups excluding carboxylic acids is 1. The topological polar surface area (TPSA) is 101 Å². The Hall–Kier alpha value is -2.66. The van der Waals surface area contributed by atoms with Crippen LogP contribution in [-0.4, -0.2) is 67.1 Å². The van der Waals surface area contributed by atoms with Gasteiger partial charge in [-0.1, -0.05) is 29.0 Å². The van der Waals surface area contributed by atoms with Gasteiger partial charge in [-0.05, 0) is 18.2 Å². The van der Waals surface area contributed by atoms with Crippen molar-refractivity contribution in [1.29, 1.82) is 0 Å². The molecule has 0 aliphatic carbocycles. The normalized spacial score (nSPS) is 14.1. The Morgan fingerprint density at radius 3 is 2.73 bits per heavy atom. The van der Waals surface area contributed by atoms with E-state index in [2.05, 4.69) is 15.1 Å². The molecule has 1 N–H and O–H groups in total. The van der Waals surface area contributed by atoms with Gasteiger partial charge in [0.15, 0.2) is 5.13 Å². The Morgan fingerprint density at radius 1 is 1.27 bits per heavy atom. The van der Waals surface area contributed by atoms with E-state index in [4.69, 9.17) is 21.3 Å². The summed E-state index contributed by atoms with van der Waals surface area (Å²) in [5.74, 6) is 0.365. The van der Waals surface area contributed by atoms with Gasteiger partial charge in [0.25, 0.3) is 11.6 Å². The number of nitrogens with zero attached hydrogens (tertiary/aromatic N) is 4. The average Bonchev–Trinajstić information content (AvgIpc) is 3.24. The van der Waals surface area contributed by atoms with Crippen molar-refractivity contribution >= 4 is 62.3 Å². The molecule has 0 unspecified atom stereocenters. The van der Waals surface area contributed by atoms with E-state index in [-0.39, 0.29) is 28.7 Å². The predicted octanol–water partition coefficient (Wildman–Crippen LogP) is 3.84. The molecule has 1 fully saturated rings. The first-order valence-electron chi connectivity index (χ1n) is 10.1. The van der Waals surface area contributed by atoms with Crippen molar-refractivity contribution in [2.45, 2.75) is 0 Å². The summed E-state index contributed by atoms with van der Waals surface area (Å²) in [6.07, 6.45) is 0. The predicted molar refractivity (Wildman–Crippen MR) is 133 cm³/mol. The Bertz CT molecular complexity index is 1150. The van der Waals surface area contributed by atoms with E-state index in [0.29, 0.717) is 13.1 Å². The van der Waals surface area contributed by atoms with Crippen LogP contribution in [0.5, 0.6) is 5.75 Å². The fraction of sp³-hybridized carbons (Fsp3) is 0.333. The molecule has 1 saturated heterocycles. The quantitative estimate of drug-likeness (QED) is 0.379. The summed E-state index contributed by atoms with van der Waals surface area (Å²) in [5.41, 5.74) is 0.833. The molecule has 12 heteroatoms. The van der Waals surface area contributed by atoms with Gasteiger partial charge < -0.3 is 15.0 Å². The minimum atomic E-state index is -0.548. The molecule has 0 bridgehead atoms. The van der Waals surface area contributed by atoms with Crippen molar-refractivity contribution in [2.24, 2.45) is 0 Å². The van der Waals surface area contributed by atoms with E-state index in [9.17, 15) is 14.9 Å². The average molecular weight is 512 g/mol. The van der Waals surface area contributed by atoms with Gasteiger partial charge in [0.2, 0.25) is 0 Å². The van der Waals surface area contributed by atoms with Crippen molar-refractivity contribution in [2.75, 3.05) is 51.3 Å². The minimum Gasteiger partial charge on any atom is -0.494 e. The lowest BCUT2D eigenvalue weighted by molar-refractivity contribution is -0.384. The lowest BCUT2D eigenvalue weighted by Crippen LogP contribution is -2.48. The number of benzene rings is 2. The third-order valence-corrected chi connectivity index (χ3v) is 6.76. The van der Waals surface area contributed by atoms with Gasteiger partial charge in [-0.25, -0.2) is 4.98 Å². The van der Waals surface area contributed by atoms with Gasteiger partial charge in [-0.3, -0.25) is 19.8 Å². The summed E-state index contributed by atoms with van der Waals surface area (Å²) in [6.45, 7) is 4.48. The third-order valence-electron chi connectivity index (χ3n) is 5.35. The van der Waals surface area contributed by atoms with Crippen LogP contribution >= 0.6 is 35.3 Å². The highest BCUT2D eigenvalue weighted by Gasteiger charge is 2.21. The van der Waals surface area contributed by atoms with E-state index in [0.717, 1.165) is 47.3 Å². The number of nitrogens with one attached hydrogen (secondary N) is 1. The zero-order valence-electron chi connectivity index (χ0n) is 17.8. The first kappa shape index (κ1) is 25.0. The van der Waals surface area contributed by atoms with E-state index in [1.807, 2.05) is 18.2 Å². The van der Waals surface area contributed by atoms with Gasteiger partial charge in [0.05, 0.1) is 27.3 Å². The monoisotopic (exact) mass is 511 g/mol. The van der Waals surface area contributed by atoms with Crippen LogP contribution in [-0.2, 0) is 0 Å². The number of halogens is 2. The van der Waals surface area contributed by atoms with Crippen LogP contribution in [0.2, 0.25) is 5.02 Å². The number of anilines is 1. The molecule has 33 heavy (non-hydrogen) atoms. The molecular weight excluding hydrogens is 489 g/mol. The van der Waals surface area contributed by atoms with Crippen molar-refractivity contribution in [3.8, 4) is 5.75 Å². The first-order chi connectivity index (χ1) is 15.5. The molecule has 176 valence electrons. The van der Waals surface area contributed by atoms with E-state index in [1.54, 1.807) is 18.4 Å². The van der Waals surface area contributed by atoms with Crippen LogP contribution in [0, 0.1) is 10.1 Å². The second-order valence-corrected chi connectivity index (χ2v) is 8.73. The van der Waals surface area contributed by atoms with Crippen LogP contribution < -0.4 is 15.0 Å². The maximum Gasteiger partial charge on any atom is 0.270 e. The number of piperazine rings is 1. The molecule has 3 aromatic rings. The fourth-order valence-electron chi connectivity index (χ4n) is 3.60. The summed E-state index contributed by atoms with van der Waals surface area (Å²) in [7, 11) is 1.65. The standard InChI is InChI=1S/C21H22ClN5O4S.ClH/c1-31-17-3-2-4-18-19(17)24-21(32-18)26-11-9-25(10-12-26)8-7-23-20(28)15-13-14(27(29)30)5-6-16(15)22;/h2-6,13H,7-12H2,1H3,(H,23,28);1H. The molecule has 0 radical (unpaired) electrons. The molecule has 0 spiro atoms. The van der Waals surface area contributed by atoms with Crippen LogP contribution in [0.3, 0.4) is 0 Å². The number of amides is 1. The highest BCUT2D eigenvalue weighted by molar-refractivity contribution is 7.22. The number of para-hydroxylation sites is 1. The number of carbonyl (C=O) groups is 1. The molecular formula is C21H23Cl2N5O4S. The zero-order valence-corrected chi connectivity index (χ0v) is 20.2. The number of nitro benzene ring substituents is 1. The van der Waals surface area contributed by atoms with Crippen LogP contribution in [0.1, 0.15) is 10.4 Å². The van der Waals surface area contributed by atoms with Gasteiger partial charge in [-0.15, -0.1) is 12.4 Å². The zero-order chi connectivity index (χ0) is 22.7. The minimum absolute atomic E-state index is 0. The number of methoxy groups -OCH3 is 1.